The minimum absolute atomic E-state index is 0.212. The predicted octanol–water partition coefficient (Wildman–Crippen LogP) is 1.62. The van der Waals surface area contributed by atoms with Crippen LogP contribution in [0.5, 0.6) is 0 Å². The van der Waals surface area contributed by atoms with Crippen LogP contribution < -0.4 is 5.73 Å². The summed E-state index contributed by atoms with van der Waals surface area (Å²) in [6, 6.07) is 0.212. The van der Waals surface area contributed by atoms with Crippen molar-refractivity contribution in [3.63, 3.8) is 0 Å². The van der Waals surface area contributed by atoms with Crippen molar-refractivity contribution in [2.45, 2.75) is 49.7 Å². The number of hydrogen-bond donors (Lipinski definition) is 2. The quantitative estimate of drug-likeness (QED) is 0.689. The third-order valence-corrected chi connectivity index (χ3v) is 4.37. The predicted molar refractivity (Wildman–Crippen MR) is 58.9 cm³/mol. The van der Waals surface area contributed by atoms with E-state index in [9.17, 15) is 5.11 Å². The van der Waals surface area contributed by atoms with Gasteiger partial charge in [-0.15, -0.1) is 0 Å². The highest BCUT2D eigenvalue weighted by Gasteiger charge is 2.34. The monoisotopic (exact) mass is 203 g/mol. The minimum Gasteiger partial charge on any atom is -0.395 e. The number of aliphatic hydroxyl groups is 1. The molecule has 3 heteroatoms. The summed E-state index contributed by atoms with van der Waals surface area (Å²) >= 11 is 1.85. The summed E-state index contributed by atoms with van der Waals surface area (Å²) in [5, 5.41) is 10.1. The van der Waals surface area contributed by atoms with Gasteiger partial charge in [-0.3, -0.25) is 0 Å². The number of hydrogen-bond acceptors (Lipinski definition) is 3. The second-order valence-corrected chi connectivity index (χ2v) is 5.67. The molecule has 0 aromatic heterocycles. The molecular weight excluding hydrogens is 182 g/mol. The fraction of sp³-hybridized carbons (Fsp3) is 1.00. The molecule has 3 atom stereocenters. The van der Waals surface area contributed by atoms with Gasteiger partial charge in [-0.2, -0.15) is 11.8 Å². The molecule has 0 bridgehead atoms. The Bertz CT molecular complexity index is 150. The molecule has 3 unspecified atom stereocenters. The van der Waals surface area contributed by atoms with Crippen molar-refractivity contribution in [3.8, 4) is 0 Å². The van der Waals surface area contributed by atoms with Crippen LogP contribution in [0.1, 0.15) is 33.1 Å². The molecule has 13 heavy (non-hydrogen) atoms. The maximum absolute atomic E-state index is 9.22. The van der Waals surface area contributed by atoms with Gasteiger partial charge in [-0.05, 0) is 25.2 Å². The van der Waals surface area contributed by atoms with Crippen LogP contribution in [0.2, 0.25) is 0 Å². The van der Waals surface area contributed by atoms with Gasteiger partial charge < -0.3 is 10.8 Å². The Hall–Kier alpha value is 0.270. The second kappa shape index (κ2) is 5.23. The van der Waals surface area contributed by atoms with Crippen LogP contribution in [-0.2, 0) is 0 Å². The lowest BCUT2D eigenvalue weighted by Gasteiger charge is -2.23. The third-order valence-electron chi connectivity index (χ3n) is 2.76. The maximum atomic E-state index is 9.22. The van der Waals surface area contributed by atoms with E-state index in [1.165, 1.54) is 12.8 Å². The normalized spacial score (nSPS) is 24.0. The number of nitrogens with two attached hydrogens (primary N) is 1. The van der Waals surface area contributed by atoms with E-state index in [0.29, 0.717) is 11.2 Å². The zero-order valence-electron chi connectivity index (χ0n) is 8.57. The van der Waals surface area contributed by atoms with E-state index in [0.717, 1.165) is 6.42 Å². The van der Waals surface area contributed by atoms with Crippen LogP contribution in [0, 0.1) is 5.92 Å². The first kappa shape index (κ1) is 11.3. The highest BCUT2D eigenvalue weighted by molar-refractivity contribution is 8.00. The van der Waals surface area contributed by atoms with Crippen molar-refractivity contribution in [2.75, 3.05) is 6.61 Å². The summed E-state index contributed by atoms with van der Waals surface area (Å²) in [7, 11) is 0. The van der Waals surface area contributed by atoms with Gasteiger partial charge in [-0.1, -0.05) is 13.8 Å². The fourth-order valence-corrected chi connectivity index (χ4v) is 2.71. The van der Waals surface area contributed by atoms with Crippen molar-refractivity contribution in [1.29, 1.82) is 0 Å². The minimum atomic E-state index is 0.212. The molecule has 0 heterocycles. The molecule has 0 saturated heterocycles. The van der Waals surface area contributed by atoms with Gasteiger partial charge in [0.25, 0.3) is 0 Å². The van der Waals surface area contributed by atoms with Crippen LogP contribution in [0.3, 0.4) is 0 Å². The van der Waals surface area contributed by atoms with Gasteiger partial charge in [0.15, 0.2) is 0 Å². The van der Waals surface area contributed by atoms with E-state index in [4.69, 9.17) is 5.73 Å². The number of rotatable bonds is 6. The Labute approximate surface area is 85.3 Å². The summed E-state index contributed by atoms with van der Waals surface area (Å²) in [6.07, 6.45) is 3.68. The van der Waals surface area contributed by atoms with Gasteiger partial charge in [0.2, 0.25) is 0 Å². The van der Waals surface area contributed by atoms with Crippen LogP contribution in [-0.4, -0.2) is 28.3 Å². The van der Waals surface area contributed by atoms with Crippen molar-refractivity contribution in [3.05, 3.63) is 0 Å². The Morgan fingerprint density at radius 3 is 2.54 bits per heavy atom. The van der Waals surface area contributed by atoms with Gasteiger partial charge >= 0.3 is 0 Å². The molecule has 0 aromatic rings. The SMILES string of the molecule is CCC(C)SC(CO)C(N)C1CC1. The van der Waals surface area contributed by atoms with E-state index in [2.05, 4.69) is 13.8 Å². The van der Waals surface area contributed by atoms with Gasteiger partial charge in [0.05, 0.1) is 6.61 Å². The molecule has 0 radical (unpaired) electrons. The van der Waals surface area contributed by atoms with E-state index in [1.807, 2.05) is 11.8 Å². The molecule has 78 valence electrons. The first-order valence-electron chi connectivity index (χ1n) is 5.21. The molecule has 1 aliphatic carbocycles. The number of thioether (sulfide) groups is 1. The molecule has 0 amide bonds. The van der Waals surface area contributed by atoms with Crippen molar-refractivity contribution >= 4 is 11.8 Å². The topological polar surface area (TPSA) is 46.2 Å². The molecule has 3 N–H and O–H groups in total. The largest absolute Gasteiger partial charge is 0.395 e. The van der Waals surface area contributed by atoms with Gasteiger partial charge in [0.1, 0.15) is 0 Å². The highest BCUT2D eigenvalue weighted by atomic mass is 32.2. The highest BCUT2D eigenvalue weighted by Crippen LogP contribution is 2.36. The zero-order valence-corrected chi connectivity index (χ0v) is 9.39. The molecule has 1 aliphatic rings. The molecular formula is C10H21NOS. The van der Waals surface area contributed by atoms with Crippen LogP contribution >= 0.6 is 11.8 Å². The average molecular weight is 203 g/mol. The zero-order chi connectivity index (χ0) is 9.84. The van der Waals surface area contributed by atoms with E-state index in [-0.39, 0.29) is 17.9 Å². The molecule has 0 aromatic carbocycles. The van der Waals surface area contributed by atoms with Crippen LogP contribution in [0.25, 0.3) is 0 Å². The molecule has 0 spiro atoms. The fourth-order valence-electron chi connectivity index (χ4n) is 1.43. The molecule has 2 nitrogen and oxygen atoms in total. The summed E-state index contributed by atoms with van der Waals surface area (Å²) in [5.41, 5.74) is 6.06. The van der Waals surface area contributed by atoms with E-state index in [1.54, 1.807) is 0 Å². The lowest BCUT2D eigenvalue weighted by atomic mass is 10.1. The lowest BCUT2D eigenvalue weighted by molar-refractivity contribution is 0.277. The van der Waals surface area contributed by atoms with Crippen LogP contribution in [0.15, 0.2) is 0 Å². The standard InChI is InChI=1S/C10H21NOS/c1-3-7(2)13-9(6-12)10(11)8-4-5-8/h7-10,12H,3-6,11H2,1-2H3. The first-order chi connectivity index (χ1) is 6.19. The first-order valence-corrected chi connectivity index (χ1v) is 6.15. The van der Waals surface area contributed by atoms with Crippen molar-refractivity contribution in [1.82, 2.24) is 0 Å². The summed E-state index contributed by atoms with van der Waals surface area (Å²) in [4.78, 5) is 0. The Morgan fingerprint density at radius 1 is 1.54 bits per heavy atom. The molecule has 1 fully saturated rings. The maximum Gasteiger partial charge on any atom is 0.0565 e. The van der Waals surface area contributed by atoms with Crippen molar-refractivity contribution < 1.29 is 5.11 Å². The molecule has 1 rings (SSSR count). The van der Waals surface area contributed by atoms with Gasteiger partial charge in [0, 0.05) is 16.5 Å². The summed E-state index contributed by atoms with van der Waals surface area (Å²) in [6.45, 7) is 4.61. The van der Waals surface area contributed by atoms with Crippen molar-refractivity contribution in [2.24, 2.45) is 11.7 Å². The van der Waals surface area contributed by atoms with E-state index >= 15 is 0 Å². The Morgan fingerprint density at radius 2 is 2.15 bits per heavy atom. The summed E-state index contributed by atoms with van der Waals surface area (Å²) in [5.74, 6) is 0.689. The molecule has 1 saturated carbocycles. The average Bonchev–Trinajstić information content (AvgIpc) is 2.95. The number of aliphatic hydroxyl groups excluding tert-OH is 1. The lowest BCUT2D eigenvalue weighted by Crippen LogP contribution is -2.37. The van der Waals surface area contributed by atoms with E-state index < -0.39 is 0 Å². The second-order valence-electron chi connectivity index (χ2n) is 3.99. The summed E-state index contributed by atoms with van der Waals surface area (Å²) < 4.78 is 0. The van der Waals surface area contributed by atoms with Gasteiger partial charge in [-0.25, -0.2) is 0 Å². The third kappa shape index (κ3) is 3.49. The van der Waals surface area contributed by atoms with Crippen LogP contribution in [0.4, 0.5) is 0 Å². The smallest absolute Gasteiger partial charge is 0.0565 e. The molecule has 0 aliphatic heterocycles. The Kier molecular flexibility index (Phi) is 4.56. The Balaban J connectivity index is 2.31.